The van der Waals surface area contributed by atoms with Crippen molar-refractivity contribution >= 4 is 5.69 Å². The quantitative estimate of drug-likeness (QED) is 0.455. The van der Waals surface area contributed by atoms with Crippen LogP contribution in [-0.4, -0.2) is 39.3 Å². The summed E-state index contributed by atoms with van der Waals surface area (Å²) in [7, 11) is 0. The number of nitrogens with one attached hydrogen (secondary N) is 1. The first-order chi connectivity index (χ1) is 16.3. The van der Waals surface area contributed by atoms with E-state index in [0.717, 1.165) is 42.3 Å². The molecule has 1 unspecified atom stereocenters. The molecular formula is C27H24N6. The Hall–Kier alpha value is -3.82. The molecule has 0 bridgehead atoms. The van der Waals surface area contributed by atoms with E-state index in [-0.39, 0.29) is 0 Å². The summed E-state index contributed by atoms with van der Waals surface area (Å²) in [6.07, 6.45) is 8.60. The molecule has 1 N–H and O–H groups in total. The molecule has 6 heteroatoms. The molecule has 3 aliphatic heterocycles. The lowest BCUT2D eigenvalue weighted by Gasteiger charge is -2.26. The van der Waals surface area contributed by atoms with Crippen LogP contribution in [-0.2, 0) is 6.54 Å². The topological polar surface area (TPSA) is 61.8 Å². The van der Waals surface area contributed by atoms with Crippen LogP contribution in [0.2, 0.25) is 0 Å². The summed E-state index contributed by atoms with van der Waals surface area (Å²) >= 11 is 0. The van der Waals surface area contributed by atoms with Crippen LogP contribution in [0.5, 0.6) is 0 Å². The number of anilines is 1. The lowest BCUT2D eigenvalue weighted by Crippen LogP contribution is -2.34. The Morgan fingerprint density at radius 3 is 2.82 bits per heavy atom. The van der Waals surface area contributed by atoms with E-state index >= 15 is 0 Å². The van der Waals surface area contributed by atoms with Gasteiger partial charge in [-0.2, -0.15) is 5.26 Å². The Balaban J connectivity index is 1.31. The van der Waals surface area contributed by atoms with Crippen molar-refractivity contribution in [3.8, 4) is 34.4 Å². The predicted molar refractivity (Wildman–Crippen MR) is 128 cm³/mol. The summed E-state index contributed by atoms with van der Waals surface area (Å²) in [5.74, 6) is 0.961. The van der Waals surface area contributed by atoms with Crippen molar-refractivity contribution < 1.29 is 0 Å². The van der Waals surface area contributed by atoms with Crippen molar-refractivity contribution in [3.05, 3.63) is 78.2 Å². The SMILES string of the molecule is N#Cc1ccc(-c2cc3n(c2)Cc2cc(N4CC[C@H]5NCCC54)ccc2-n2ccnc2-3)cc1. The van der Waals surface area contributed by atoms with E-state index in [2.05, 4.69) is 62.1 Å². The van der Waals surface area contributed by atoms with Crippen LogP contribution in [0.4, 0.5) is 5.69 Å². The second-order valence-electron chi connectivity index (χ2n) is 9.26. The van der Waals surface area contributed by atoms with Crippen LogP contribution in [0.15, 0.2) is 67.1 Å². The molecule has 2 atom stereocenters. The number of hydrogen-bond donors (Lipinski definition) is 1. The van der Waals surface area contributed by atoms with E-state index in [4.69, 9.17) is 10.2 Å². The smallest absolute Gasteiger partial charge is 0.161 e. The predicted octanol–water partition coefficient (Wildman–Crippen LogP) is 4.18. The molecule has 0 radical (unpaired) electrons. The maximum atomic E-state index is 9.12. The molecule has 7 rings (SSSR count). The van der Waals surface area contributed by atoms with Gasteiger partial charge >= 0.3 is 0 Å². The van der Waals surface area contributed by atoms with Crippen molar-refractivity contribution in [1.82, 2.24) is 19.4 Å². The van der Waals surface area contributed by atoms with Gasteiger partial charge in [0, 0.05) is 55.0 Å². The van der Waals surface area contributed by atoms with Gasteiger partial charge in [0.2, 0.25) is 0 Å². The third-order valence-electron chi connectivity index (χ3n) is 7.50. The number of nitrogens with zero attached hydrogens (tertiary/aromatic N) is 5. The molecule has 2 aromatic carbocycles. The van der Waals surface area contributed by atoms with Crippen LogP contribution >= 0.6 is 0 Å². The first kappa shape index (κ1) is 18.7. The van der Waals surface area contributed by atoms with Crippen molar-refractivity contribution in [1.29, 1.82) is 5.26 Å². The molecule has 0 amide bonds. The average Bonchev–Trinajstić information content (AvgIpc) is 3.62. The van der Waals surface area contributed by atoms with E-state index in [9.17, 15) is 0 Å². The molecule has 2 saturated heterocycles. The van der Waals surface area contributed by atoms with E-state index in [1.807, 2.05) is 30.5 Å². The molecule has 0 saturated carbocycles. The highest BCUT2D eigenvalue weighted by molar-refractivity contribution is 5.72. The highest BCUT2D eigenvalue weighted by Crippen LogP contribution is 2.37. The Morgan fingerprint density at radius 1 is 1.03 bits per heavy atom. The van der Waals surface area contributed by atoms with E-state index in [1.54, 1.807) is 0 Å². The largest absolute Gasteiger partial charge is 0.367 e. The number of imidazole rings is 1. The molecule has 6 nitrogen and oxygen atoms in total. The maximum absolute atomic E-state index is 9.12. The zero-order chi connectivity index (χ0) is 21.9. The molecular weight excluding hydrogens is 408 g/mol. The fourth-order valence-corrected chi connectivity index (χ4v) is 5.89. The van der Waals surface area contributed by atoms with Gasteiger partial charge in [0.15, 0.2) is 5.82 Å². The van der Waals surface area contributed by atoms with Crippen LogP contribution < -0.4 is 10.2 Å². The molecule has 162 valence electrons. The van der Waals surface area contributed by atoms with Gasteiger partial charge in [-0.25, -0.2) is 4.98 Å². The molecule has 4 aromatic rings. The fourth-order valence-electron chi connectivity index (χ4n) is 5.89. The van der Waals surface area contributed by atoms with Gasteiger partial charge in [-0.1, -0.05) is 12.1 Å². The highest BCUT2D eigenvalue weighted by atomic mass is 15.2. The molecule has 3 aliphatic rings. The number of nitriles is 1. The summed E-state index contributed by atoms with van der Waals surface area (Å²) in [6, 6.07) is 20.4. The van der Waals surface area contributed by atoms with Crippen LogP contribution in [0.1, 0.15) is 24.0 Å². The maximum Gasteiger partial charge on any atom is 0.161 e. The Morgan fingerprint density at radius 2 is 1.94 bits per heavy atom. The Labute approximate surface area is 192 Å². The van der Waals surface area contributed by atoms with Crippen molar-refractivity contribution in [2.24, 2.45) is 0 Å². The summed E-state index contributed by atoms with van der Waals surface area (Å²) in [4.78, 5) is 7.32. The van der Waals surface area contributed by atoms with Crippen molar-refractivity contribution in [3.63, 3.8) is 0 Å². The third-order valence-corrected chi connectivity index (χ3v) is 7.50. The zero-order valence-corrected chi connectivity index (χ0v) is 18.3. The molecule has 2 aromatic heterocycles. The van der Waals surface area contributed by atoms with Gasteiger partial charge in [-0.3, -0.25) is 4.57 Å². The minimum Gasteiger partial charge on any atom is -0.367 e. The number of hydrogen-bond acceptors (Lipinski definition) is 4. The average molecular weight is 433 g/mol. The summed E-state index contributed by atoms with van der Waals surface area (Å²) in [6.45, 7) is 3.05. The van der Waals surface area contributed by atoms with Crippen LogP contribution in [0.3, 0.4) is 0 Å². The fraction of sp³-hybridized carbons (Fsp3) is 0.259. The number of benzene rings is 2. The molecule has 0 spiro atoms. The molecule has 33 heavy (non-hydrogen) atoms. The normalized spacial score (nSPS) is 20.5. The minimum absolute atomic E-state index is 0.614. The van der Waals surface area contributed by atoms with Gasteiger partial charge in [-0.05, 0) is 66.9 Å². The van der Waals surface area contributed by atoms with Gasteiger partial charge < -0.3 is 14.8 Å². The summed E-state index contributed by atoms with van der Waals surface area (Å²) < 4.78 is 4.52. The van der Waals surface area contributed by atoms with E-state index in [0.29, 0.717) is 17.6 Å². The minimum atomic E-state index is 0.614. The van der Waals surface area contributed by atoms with Gasteiger partial charge in [0.05, 0.1) is 23.0 Å². The highest BCUT2D eigenvalue weighted by Gasteiger charge is 2.37. The Bertz CT molecular complexity index is 1400. The lowest BCUT2D eigenvalue weighted by molar-refractivity contribution is 0.601. The second-order valence-corrected chi connectivity index (χ2v) is 9.26. The monoisotopic (exact) mass is 432 g/mol. The molecule has 5 heterocycles. The first-order valence-corrected chi connectivity index (χ1v) is 11.7. The van der Waals surface area contributed by atoms with Crippen molar-refractivity contribution in [2.45, 2.75) is 31.5 Å². The molecule has 2 fully saturated rings. The lowest BCUT2D eigenvalue weighted by atomic mass is 10.1. The van der Waals surface area contributed by atoms with Gasteiger partial charge in [0.25, 0.3) is 0 Å². The second kappa shape index (κ2) is 7.09. The Kier molecular flexibility index (Phi) is 4.02. The summed E-state index contributed by atoms with van der Waals surface area (Å²) in [5.41, 5.74) is 7.88. The number of rotatable bonds is 2. The summed E-state index contributed by atoms with van der Waals surface area (Å²) in [5, 5.41) is 12.8. The number of fused-ring (bicyclic) bond motifs is 6. The standard InChI is InChI=1S/C27H24N6/c28-15-18-1-3-19(4-2-18)20-14-26-27-30-10-12-33(27)24-6-5-22(13-21(24)17-31(26)16-20)32-11-8-23-25(32)7-9-29-23/h1-6,10,12-14,16,23,25,29H,7-9,11,17H2/t23-,25?/m1/s1. The van der Waals surface area contributed by atoms with Crippen LogP contribution in [0.25, 0.3) is 28.3 Å². The van der Waals surface area contributed by atoms with Gasteiger partial charge in [0.1, 0.15) is 0 Å². The zero-order valence-electron chi connectivity index (χ0n) is 18.3. The van der Waals surface area contributed by atoms with E-state index < -0.39 is 0 Å². The van der Waals surface area contributed by atoms with E-state index in [1.165, 1.54) is 29.8 Å². The molecule has 0 aliphatic carbocycles. The van der Waals surface area contributed by atoms with Crippen molar-refractivity contribution in [2.75, 3.05) is 18.0 Å². The van der Waals surface area contributed by atoms with Crippen LogP contribution in [0, 0.1) is 11.3 Å². The third kappa shape index (κ3) is 2.86. The van der Waals surface area contributed by atoms with Gasteiger partial charge in [-0.15, -0.1) is 0 Å². The number of aromatic nitrogens is 3. The first-order valence-electron chi connectivity index (χ1n) is 11.7.